The second-order valence-electron chi connectivity index (χ2n) is 4.03. The maximum Gasteiger partial charge on any atom is 0.233 e. The van der Waals surface area contributed by atoms with Crippen LogP contribution in [0.1, 0.15) is 19.8 Å². The van der Waals surface area contributed by atoms with Crippen LogP contribution in [0, 0.1) is 5.92 Å². The Morgan fingerprint density at radius 3 is 2.93 bits per heavy atom. The molecule has 2 unspecified atom stereocenters. The Hall–Kier alpha value is -0.610. The number of carbonyl (C=O) groups excluding carboxylic acids is 1. The SMILES string of the molecule is CCC1CN(CC(=O)NC)CCC1N. The number of likely N-dealkylation sites (N-methyl/N-ethyl adjacent to an activating group) is 1. The molecule has 3 N–H and O–H groups in total. The highest BCUT2D eigenvalue weighted by Crippen LogP contribution is 2.17. The van der Waals surface area contributed by atoms with Gasteiger partial charge in [0.25, 0.3) is 0 Å². The quantitative estimate of drug-likeness (QED) is 0.661. The van der Waals surface area contributed by atoms with Crippen molar-refractivity contribution in [3.8, 4) is 0 Å². The molecule has 1 rings (SSSR count). The minimum atomic E-state index is 0.0929. The average Bonchev–Trinajstić information content (AvgIpc) is 2.20. The second kappa shape index (κ2) is 5.32. The fourth-order valence-corrected chi connectivity index (χ4v) is 1.98. The first-order valence-electron chi connectivity index (χ1n) is 5.35. The van der Waals surface area contributed by atoms with E-state index >= 15 is 0 Å². The predicted molar refractivity (Wildman–Crippen MR) is 56.9 cm³/mol. The fraction of sp³-hybridized carbons (Fsp3) is 0.900. The van der Waals surface area contributed by atoms with E-state index in [1.54, 1.807) is 7.05 Å². The van der Waals surface area contributed by atoms with Gasteiger partial charge in [0.05, 0.1) is 6.54 Å². The monoisotopic (exact) mass is 199 g/mol. The highest BCUT2D eigenvalue weighted by molar-refractivity contribution is 5.77. The summed E-state index contributed by atoms with van der Waals surface area (Å²) in [6, 6.07) is 0.320. The minimum absolute atomic E-state index is 0.0929. The van der Waals surface area contributed by atoms with Crippen molar-refractivity contribution in [1.29, 1.82) is 0 Å². The van der Waals surface area contributed by atoms with Crippen LogP contribution in [0.3, 0.4) is 0 Å². The summed E-state index contributed by atoms with van der Waals surface area (Å²) in [5.74, 6) is 0.642. The normalized spacial score (nSPS) is 28.8. The summed E-state index contributed by atoms with van der Waals surface area (Å²) in [6.07, 6.45) is 2.11. The lowest BCUT2D eigenvalue weighted by Gasteiger charge is -2.35. The van der Waals surface area contributed by atoms with Crippen LogP contribution in [0.5, 0.6) is 0 Å². The Bertz CT molecular complexity index is 196. The molecule has 0 aromatic heterocycles. The van der Waals surface area contributed by atoms with Gasteiger partial charge in [-0.3, -0.25) is 9.69 Å². The number of carbonyl (C=O) groups is 1. The van der Waals surface area contributed by atoms with Gasteiger partial charge in [0.15, 0.2) is 0 Å². The van der Waals surface area contributed by atoms with Gasteiger partial charge in [0.2, 0.25) is 5.91 Å². The number of nitrogens with zero attached hydrogens (tertiary/aromatic N) is 1. The molecule has 82 valence electrons. The van der Waals surface area contributed by atoms with Crippen molar-refractivity contribution in [2.45, 2.75) is 25.8 Å². The van der Waals surface area contributed by atoms with Crippen LogP contribution in [0.2, 0.25) is 0 Å². The maximum atomic E-state index is 11.2. The zero-order valence-corrected chi connectivity index (χ0v) is 9.12. The van der Waals surface area contributed by atoms with Gasteiger partial charge in [-0.2, -0.15) is 0 Å². The number of nitrogens with one attached hydrogen (secondary N) is 1. The first kappa shape index (κ1) is 11.5. The number of hydrogen-bond acceptors (Lipinski definition) is 3. The third kappa shape index (κ3) is 2.96. The molecule has 1 fully saturated rings. The van der Waals surface area contributed by atoms with Crippen molar-refractivity contribution in [3.05, 3.63) is 0 Å². The molecule has 0 saturated carbocycles. The molecule has 1 heterocycles. The summed E-state index contributed by atoms with van der Waals surface area (Å²) in [5, 5.41) is 2.64. The van der Waals surface area contributed by atoms with Crippen molar-refractivity contribution < 1.29 is 4.79 Å². The van der Waals surface area contributed by atoms with Gasteiger partial charge < -0.3 is 11.1 Å². The molecule has 1 aliphatic heterocycles. The summed E-state index contributed by atoms with van der Waals surface area (Å²) < 4.78 is 0. The number of piperidine rings is 1. The first-order valence-corrected chi connectivity index (χ1v) is 5.35. The Labute approximate surface area is 85.8 Å². The number of amides is 1. The van der Waals surface area contributed by atoms with E-state index < -0.39 is 0 Å². The molecule has 4 heteroatoms. The Morgan fingerprint density at radius 2 is 2.36 bits per heavy atom. The van der Waals surface area contributed by atoms with Gasteiger partial charge in [0, 0.05) is 26.2 Å². The molecule has 1 aliphatic rings. The molecule has 1 amide bonds. The van der Waals surface area contributed by atoms with E-state index in [0.29, 0.717) is 18.5 Å². The van der Waals surface area contributed by atoms with Gasteiger partial charge >= 0.3 is 0 Å². The van der Waals surface area contributed by atoms with Gasteiger partial charge in [0.1, 0.15) is 0 Å². The van der Waals surface area contributed by atoms with Gasteiger partial charge in [-0.25, -0.2) is 0 Å². The Balaban J connectivity index is 2.38. The summed E-state index contributed by atoms with van der Waals surface area (Å²) >= 11 is 0. The molecular formula is C10H21N3O. The smallest absolute Gasteiger partial charge is 0.233 e. The van der Waals surface area contributed by atoms with Gasteiger partial charge in [-0.05, 0) is 12.3 Å². The lowest BCUT2D eigenvalue weighted by molar-refractivity contribution is -0.122. The molecule has 14 heavy (non-hydrogen) atoms. The predicted octanol–water partition coefficient (Wildman–Crippen LogP) is -0.208. The van der Waals surface area contributed by atoms with Crippen LogP contribution < -0.4 is 11.1 Å². The summed E-state index contributed by atoms with van der Waals surface area (Å²) in [6.45, 7) is 4.59. The molecule has 0 aromatic rings. The largest absolute Gasteiger partial charge is 0.358 e. The standard InChI is InChI=1S/C10H21N3O/c1-3-8-6-13(5-4-9(8)11)7-10(14)12-2/h8-9H,3-7,11H2,1-2H3,(H,12,14). The van der Waals surface area contributed by atoms with E-state index in [1.165, 1.54) is 0 Å². The maximum absolute atomic E-state index is 11.2. The number of nitrogens with two attached hydrogens (primary N) is 1. The van der Waals surface area contributed by atoms with Crippen molar-refractivity contribution in [2.24, 2.45) is 11.7 Å². The van der Waals surface area contributed by atoms with E-state index in [1.807, 2.05) is 0 Å². The van der Waals surface area contributed by atoms with Gasteiger partial charge in [-0.1, -0.05) is 13.3 Å². The lowest BCUT2D eigenvalue weighted by atomic mass is 9.91. The number of likely N-dealkylation sites (tertiary alicyclic amines) is 1. The van der Waals surface area contributed by atoms with Crippen molar-refractivity contribution in [2.75, 3.05) is 26.7 Å². The topological polar surface area (TPSA) is 58.4 Å². The van der Waals surface area contributed by atoms with Gasteiger partial charge in [-0.15, -0.1) is 0 Å². The summed E-state index contributed by atoms with van der Waals surface area (Å²) in [5.41, 5.74) is 5.99. The van der Waals surface area contributed by atoms with Crippen LogP contribution in [-0.2, 0) is 4.79 Å². The van der Waals surface area contributed by atoms with Crippen molar-refractivity contribution in [3.63, 3.8) is 0 Å². The Kier molecular flexibility index (Phi) is 4.35. The highest BCUT2D eigenvalue weighted by Gasteiger charge is 2.25. The third-order valence-electron chi connectivity index (χ3n) is 3.05. The van der Waals surface area contributed by atoms with Crippen LogP contribution >= 0.6 is 0 Å². The van der Waals surface area contributed by atoms with Crippen LogP contribution in [0.25, 0.3) is 0 Å². The number of hydrogen-bond donors (Lipinski definition) is 2. The lowest BCUT2D eigenvalue weighted by Crippen LogP contribution is -2.49. The van der Waals surface area contributed by atoms with Crippen LogP contribution in [0.15, 0.2) is 0 Å². The molecule has 0 aliphatic carbocycles. The van der Waals surface area contributed by atoms with E-state index in [2.05, 4.69) is 17.1 Å². The average molecular weight is 199 g/mol. The van der Waals surface area contributed by atoms with Crippen molar-refractivity contribution in [1.82, 2.24) is 10.2 Å². The fourth-order valence-electron chi connectivity index (χ4n) is 1.98. The van der Waals surface area contributed by atoms with E-state index in [9.17, 15) is 4.79 Å². The number of rotatable bonds is 3. The van der Waals surface area contributed by atoms with Crippen LogP contribution in [0.4, 0.5) is 0 Å². The van der Waals surface area contributed by atoms with E-state index in [-0.39, 0.29) is 5.91 Å². The first-order chi connectivity index (χ1) is 6.67. The van der Waals surface area contributed by atoms with E-state index in [4.69, 9.17) is 5.73 Å². The molecule has 0 radical (unpaired) electrons. The zero-order chi connectivity index (χ0) is 10.6. The molecule has 1 saturated heterocycles. The minimum Gasteiger partial charge on any atom is -0.358 e. The highest BCUT2D eigenvalue weighted by atomic mass is 16.1. The molecule has 0 bridgehead atoms. The Morgan fingerprint density at radius 1 is 1.64 bits per heavy atom. The molecule has 0 spiro atoms. The van der Waals surface area contributed by atoms with Crippen LogP contribution in [-0.4, -0.2) is 43.5 Å². The zero-order valence-electron chi connectivity index (χ0n) is 9.12. The summed E-state index contributed by atoms with van der Waals surface area (Å²) in [4.78, 5) is 13.4. The molecule has 4 nitrogen and oxygen atoms in total. The second-order valence-corrected chi connectivity index (χ2v) is 4.03. The van der Waals surface area contributed by atoms with Crippen molar-refractivity contribution >= 4 is 5.91 Å². The molecule has 0 aromatic carbocycles. The van der Waals surface area contributed by atoms with E-state index in [0.717, 1.165) is 25.9 Å². The molecular weight excluding hydrogens is 178 g/mol. The summed E-state index contributed by atoms with van der Waals surface area (Å²) in [7, 11) is 1.68. The molecule has 2 atom stereocenters. The third-order valence-corrected chi connectivity index (χ3v) is 3.05.